The van der Waals surface area contributed by atoms with Crippen LogP contribution in [0, 0.1) is 6.92 Å². The van der Waals surface area contributed by atoms with Crippen molar-refractivity contribution in [1.82, 2.24) is 0 Å². The summed E-state index contributed by atoms with van der Waals surface area (Å²) in [6.45, 7) is 8.30. The lowest BCUT2D eigenvalue weighted by atomic mass is 9.83. The third-order valence-electron chi connectivity index (χ3n) is 3.53. The topological polar surface area (TPSA) is 46.2 Å². The van der Waals surface area contributed by atoms with E-state index in [4.69, 9.17) is 5.73 Å². The predicted molar refractivity (Wildman–Crippen MR) is 85.2 cm³/mol. The molecule has 20 heavy (non-hydrogen) atoms. The molecule has 0 aromatic heterocycles. The monoisotopic (exact) mass is 269 g/mol. The third kappa shape index (κ3) is 3.13. The lowest BCUT2D eigenvalue weighted by Gasteiger charge is -2.22. The third-order valence-corrected chi connectivity index (χ3v) is 3.53. The molecule has 2 aromatic carbocycles. The van der Waals surface area contributed by atoms with Gasteiger partial charge in [0.1, 0.15) is 5.75 Å². The lowest BCUT2D eigenvalue weighted by Crippen LogP contribution is -2.12. The number of hydrogen-bond acceptors (Lipinski definition) is 2. The van der Waals surface area contributed by atoms with E-state index in [9.17, 15) is 5.11 Å². The van der Waals surface area contributed by atoms with Crippen molar-refractivity contribution in [3.63, 3.8) is 0 Å². The fourth-order valence-corrected chi connectivity index (χ4v) is 2.47. The van der Waals surface area contributed by atoms with Gasteiger partial charge in [-0.1, -0.05) is 45.0 Å². The van der Waals surface area contributed by atoms with Crippen LogP contribution in [-0.2, 0) is 11.8 Å². The van der Waals surface area contributed by atoms with Crippen molar-refractivity contribution < 1.29 is 5.11 Å². The van der Waals surface area contributed by atoms with Gasteiger partial charge in [0.15, 0.2) is 0 Å². The Balaban J connectivity index is 2.41. The summed E-state index contributed by atoms with van der Waals surface area (Å²) >= 11 is 0. The lowest BCUT2D eigenvalue weighted by molar-refractivity contribution is 0.442. The van der Waals surface area contributed by atoms with Crippen LogP contribution in [0.4, 0.5) is 5.69 Å². The van der Waals surface area contributed by atoms with Gasteiger partial charge in [0.2, 0.25) is 0 Å². The van der Waals surface area contributed by atoms with Gasteiger partial charge < -0.3 is 10.8 Å². The van der Waals surface area contributed by atoms with E-state index in [1.54, 1.807) is 0 Å². The summed E-state index contributed by atoms with van der Waals surface area (Å²) in [6, 6.07) is 12.1. The van der Waals surface area contributed by atoms with Gasteiger partial charge in [-0.3, -0.25) is 0 Å². The summed E-state index contributed by atoms with van der Waals surface area (Å²) < 4.78 is 0. The molecule has 0 bridgehead atoms. The largest absolute Gasteiger partial charge is 0.507 e. The SMILES string of the molecule is Cc1cc(Cc2cccc(N)c2)cc(C(C)(C)C)c1O. The van der Waals surface area contributed by atoms with Crippen LogP contribution in [0.25, 0.3) is 0 Å². The predicted octanol–water partition coefficient (Wildman–Crippen LogP) is 4.17. The normalized spacial score (nSPS) is 11.6. The second-order valence-electron chi connectivity index (χ2n) is 6.48. The molecule has 0 fully saturated rings. The molecule has 2 nitrogen and oxygen atoms in total. The van der Waals surface area contributed by atoms with Crippen LogP contribution < -0.4 is 5.73 Å². The number of nitrogens with two attached hydrogens (primary N) is 1. The molecule has 0 atom stereocenters. The van der Waals surface area contributed by atoms with Gasteiger partial charge >= 0.3 is 0 Å². The number of aromatic hydroxyl groups is 1. The molecule has 0 heterocycles. The molecule has 0 aliphatic carbocycles. The molecule has 2 aromatic rings. The van der Waals surface area contributed by atoms with E-state index >= 15 is 0 Å². The van der Waals surface area contributed by atoms with E-state index in [-0.39, 0.29) is 5.41 Å². The molecular weight excluding hydrogens is 246 g/mol. The first-order valence-electron chi connectivity index (χ1n) is 6.95. The van der Waals surface area contributed by atoms with Gasteiger partial charge in [0, 0.05) is 5.69 Å². The number of phenols is 1. The van der Waals surface area contributed by atoms with Crippen molar-refractivity contribution in [3.8, 4) is 5.75 Å². The molecular formula is C18H23NO. The first-order valence-corrected chi connectivity index (χ1v) is 6.95. The molecule has 0 aliphatic rings. The minimum atomic E-state index is -0.0689. The van der Waals surface area contributed by atoms with Crippen molar-refractivity contribution in [3.05, 3.63) is 58.7 Å². The summed E-state index contributed by atoms with van der Waals surface area (Å²) in [7, 11) is 0. The fraction of sp³-hybridized carbons (Fsp3) is 0.333. The standard InChI is InChI=1S/C18H23NO/c1-12-8-14(9-13-6-5-7-15(19)10-13)11-16(17(12)20)18(2,3)4/h5-8,10-11,20H,9,19H2,1-4H3. The van der Waals surface area contributed by atoms with Crippen molar-refractivity contribution in [1.29, 1.82) is 0 Å². The van der Waals surface area contributed by atoms with Gasteiger partial charge in [-0.05, 0) is 53.1 Å². The van der Waals surface area contributed by atoms with E-state index in [1.807, 2.05) is 31.2 Å². The van der Waals surface area contributed by atoms with Crippen molar-refractivity contribution in [2.24, 2.45) is 0 Å². The number of nitrogen functional groups attached to an aromatic ring is 1. The highest BCUT2D eigenvalue weighted by Crippen LogP contribution is 2.34. The van der Waals surface area contributed by atoms with Crippen molar-refractivity contribution >= 4 is 5.69 Å². The van der Waals surface area contributed by atoms with Crippen LogP contribution in [0.5, 0.6) is 5.75 Å². The van der Waals surface area contributed by atoms with Crippen LogP contribution in [0.3, 0.4) is 0 Å². The zero-order chi connectivity index (χ0) is 14.9. The smallest absolute Gasteiger partial charge is 0.122 e. The molecule has 3 N–H and O–H groups in total. The average molecular weight is 269 g/mol. The Morgan fingerprint density at radius 1 is 1.05 bits per heavy atom. The van der Waals surface area contributed by atoms with Crippen molar-refractivity contribution in [2.75, 3.05) is 5.73 Å². The Labute approximate surface area is 121 Å². The molecule has 2 rings (SSSR count). The molecule has 2 heteroatoms. The molecule has 0 saturated heterocycles. The first-order chi connectivity index (χ1) is 9.27. The highest BCUT2D eigenvalue weighted by atomic mass is 16.3. The molecule has 0 spiro atoms. The average Bonchev–Trinajstić information content (AvgIpc) is 2.32. The maximum Gasteiger partial charge on any atom is 0.122 e. The van der Waals surface area contributed by atoms with E-state index < -0.39 is 0 Å². The maximum atomic E-state index is 10.2. The minimum Gasteiger partial charge on any atom is -0.507 e. The maximum absolute atomic E-state index is 10.2. The highest BCUT2D eigenvalue weighted by molar-refractivity contribution is 5.48. The molecule has 0 unspecified atom stereocenters. The van der Waals surface area contributed by atoms with Gasteiger partial charge in [-0.15, -0.1) is 0 Å². The summed E-state index contributed by atoms with van der Waals surface area (Å²) in [5.74, 6) is 0.411. The van der Waals surface area contributed by atoms with Crippen molar-refractivity contribution in [2.45, 2.75) is 39.5 Å². The molecule has 0 aliphatic heterocycles. The van der Waals surface area contributed by atoms with Crippen LogP contribution in [0.1, 0.15) is 43.0 Å². The molecule has 0 saturated carbocycles. The van der Waals surface area contributed by atoms with Crippen LogP contribution in [0.15, 0.2) is 36.4 Å². The summed E-state index contributed by atoms with van der Waals surface area (Å²) in [5, 5.41) is 10.2. The van der Waals surface area contributed by atoms with E-state index in [1.165, 1.54) is 11.1 Å². The Kier molecular flexibility index (Phi) is 3.76. The van der Waals surface area contributed by atoms with Gasteiger partial charge in [-0.25, -0.2) is 0 Å². The second-order valence-corrected chi connectivity index (χ2v) is 6.48. The number of anilines is 1. The second kappa shape index (κ2) is 5.20. The van der Waals surface area contributed by atoms with Crippen LogP contribution in [0.2, 0.25) is 0 Å². The quantitative estimate of drug-likeness (QED) is 0.804. The van der Waals surface area contributed by atoms with Crippen LogP contribution in [-0.4, -0.2) is 5.11 Å². The number of phenolic OH excluding ortho intramolecular Hbond substituents is 1. The Morgan fingerprint density at radius 2 is 1.75 bits per heavy atom. The van der Waals surface area contributed by atoms with Crippen LogP contribution >= 0.6 is 0 Å². The highest BCUT2D eigenvalue weighted by Gasteiger charge is 2.20. The van der Waals surface area contributed by atoms with Gasteiger partial charge in [-0.2, -0.15) is 0 Å². The number of rotatable bonds is 2. The summed E-state index contributed by atoms with van der Waals surface area (Å²) in [4.78, 5) is 0. The summed E-state index contributed by atoms with van der Waals surface area (Å²) in [6.07, 6.45) is 0.829. The Hall–Kier alpha value is -1.96. The number of hydrogen-bond donors (Lipinski definition) is 2. The summed E-state index contributed by atoms with van der Waals surface area (Å²) in [5.41, 5.74) is 10.9. The van der Waals surface area contributed by atoms with E-state index in [0.717, 1.165) is 23.2 Å². The number of aryl methyl sites for hydroxylation is 1. The van der Waals surface area contributed by atoms with E-state index in [2.05, 4.69) is 32.9 Å². The molecule has 0 amide bonds. The Bertz CT molecular complexity index is 624. The molecule has 106 valence electrons. The fourth-order valence-electron chi connectivity index (χ4n) is 2.47. The van der Waals surface area contributed by atoms with Gasteiger partial charge in [0.25, 0.3) is 0 Å². The first kappa shape index (κ1) is 14.4. The van der Waals surface area contributed by atoms with E-state index in [0.29, 0.717) is 5.75 Å². The zero-order valence-corrected chi connectivity index (χ0v) is 12.7. The zero-order valence-electron chi connectivity index (χ0n) is 12.7. The number of benzene rings is 2. The van der Waals surface area contributed by atoms with Gasteiger partial charge in [0.05, 0.1) is 0 Å². The Morgan fingerprint density at radius 3 is 2.35 bits per heavy atom. The minimum absolute atomic E-state index is 0.0689. The molecule has 0 radical (unpaired) electrons.